The lowest BCUT2D eigenvalue weighted by molar-refractivity contribution is -0.145. The van der Waals surface area contributed by atoms with Crippen molar-refractivity contribution in [2.75, 3.05) is 6.61 Å². The third-order valence-electron chi connectivity index (χ3n) is 2.90. The smallest absolute Gasteiger partial charge is 0.315 e. The van der Waals surface area contributed by atoms with Gasteiger partial charge >= 0.3 is 5.97 Å². The maximum absolute atomic E-state index is 11.8. The number of hydrogen-bond donors (Lipinski definition) is 0. The Bertz CT molecular complexity index is 563. The largest absolute Gasteiger partial charge is 0.465 e. The molecule has 0 spiro atoms. The highest BCUT2D eigenvalue weighted by atomic mass is 32.1. The fourth-order valence-electron chi connectivity index (χ4n) is 2.12. The van der Waals surface area contributed by atoms with Gasteiger partial charge in [0.2, 0.25) is 0 Å². The predicted octanol–water partition coefficient (Wildman–Crippen LogP) is 2.86. The van der Waals surface area contributed by atoms with E-state index in [0.29, 0.717) is 6.61 Å². The molecule has 0 saturated heterocycles. The molecule has 2 aromatic rings. The van der Waals surface area contributed by atoms with Crippen LogP contribution in [-0.2, 0) is 16.0 Å². The third kappa shape index (κ3) is 1.95. The summed E-state index contributed by atoms with van der Waals surface area (Å²) in [7, 11) is 0. The van der Waals surface area contributed by atoms with E-state index in [2.05, 4.69) is 9.97 Å². The molecule has 2 heterocycles. The van der Waals surface area contributed by atoms with Crippen LogP contribution in [0.25, 0.3) is 10.0 Å². The molecule has 0 bridgehead atoms. The van der Waals surface area contributed by atoms with Crippen LogP contribution in [0.3, 0.4) is 0 Å². The van der Waals surface area contributed by atoms with Gasteiger partial charge < -0.3 is 4.74 Å². The van der Waals surface area contributed by atoms with Gasteiger partial charge in [-0.2, -0.15) is 0 Å². The molecule has 0 aliphatic heterocycles. The minimum absolute atomic E-state index is 0.146. The number of esters is 1. The van der Waals surface area contributed by atoms with E-state index < -0.39 is 0 Å². The summed E-state index contributed by atoms with van der Waals surface area (Å²) in [6, 6.07) is 0. The first-order chi connectivity index (χ1) is 8.79. The normalized spacial score (nSPS) is 17.7. The summed E-state index contributed by atoms with van der Waals surface area (Å²) in [6.07, 6.45) is 3.52. The second-order valence-electron chi connectivity index (χ2n) is 4.01. The van der Waals surface area contributed by atoms with Crippen LogP contribution in [0.2, 0.25) is 0 Å². The molecule has 94 valence electrons. The number of carbonyl (C=O) groups excluding carboxylic acids is 1. The molecule has 4 nitrogen and oxygen atoms in total. The zero-order valence-electron chi connectivity index (χ0n) is 9.88. The van der Waals surface area contributed by atoms with Crippen molar-refractivity contribution >= 4 is 28.6 Å². The Labute approximate surface area is 113 Å². The molecule has 0 N–H and O–H groups in total. The van der Waals surface area contributed by atoms with Crippen molar-refractivity contribution in [2.45, 2.75) is 25.7 Å². The molecule has 1 aliphatic carbocycles. The number of thiazole rings is 2. The van der Waals surface area contributed by atoms with E-state index in [0.717, 1.165) is 28.6 Å². The highest BCUT2D eigenvalue weighted by molar-refractivity contribution is 7.20. The van der Waals surface area contributed by atoms with Gasteiger partial charge in [-0.1, -0.05) is 0 Å². The van der Waals surface area contributed by atoms with Crippen molar-refractivity contribution in [3.8, 4) is 10.0 Å². The molecule has 2 aromatic heterocycles. The van der Waals surface area contributed by atoms with Gasteiger partial charge in [0.15, 0.2) is 10.0 Å². The molecule has 3 rings (SSSR count). The Morgan fingerprint density at radius 2 is 2.44 bits per heavy atom. The van der Waals surface area contributed by atoms with Gasteiger partial charge in [-0.25, -0.2) is 9.97 Å². The van der Waals surface area contributed by atoms with Crippen molar-refractivity contribution in [1.82, 2.24) is 9.97 Å². The molecular formula is C12H12N2O2S2. The average Bonchev–Trinajstić information content (AvgIpc) is 3.04. The number of nitrogens with zero attached hydrogens (tertiary/aromatic N) is 2. The van der Waals surface area contributed by atoms with Crippen LogP contribution in [0.15, 0.2) is 11.6 Å². The lowest BCUT2D eigenvalue weighted by Crippen LogP contribution is -2.14. The van der Waals surface area contributed by atoms with Crippen LogP contribution < -0.4 is 0 Å². The van der Waals surface area contributed by atoms with Crippen LogP contribution in [0, 0.1) is 0 Å². The maximum Gasteiger partial charge on any atom is 0.315 e. The molecule has 18 heavy (non-hydrogen) atoms. The summed E-state index contributed by atoms with van der Waals surface area (Å²) < 4.78 is 5.10. The lowest BCUT2D eigenvalue weighted by Gasteiger charge is -2.07. The molecular weight excluding hydrogens is 268 g/mol. The molecule has 0 aromatic carbocycles. The zero-order chi connectivity index (χ0) is 12.5. The quantitative estimate of drug-likeness (QED) is 0.811. The van der Waals surface area contributed by atoms with E-state index >= 15 is 0 Å². The Hall–Kier alpha value is -1.27. The minimum Gasteiger partial charge on any atom is -0.465 e. The molecule has 0 saturated carbocycles. The van der Waals surface area contributed by atoms with Gasteiger partial charge in [-0.15, -0.1) is 22.7 Å². The van der Waals surface area contributed by atoms with E-state index in [1.54, 1.807) is 28.9 Å². The topological polar surface area (TPSA) is 52.1 Å². The van der Waals surface area contributed by atoms with Crippen molar-refractivity contribution < 1.29 is 9.53 Å². The summed E-state index contributed by atoms with van der Waals surface area (Å²) in [5.41, 5.74) is 0.906. The summed E-state index contributed by atoms with van der Waals surface area (Å²) >= 11 is 3.22. The van der Waals surface area contributed by atoms with E-state index in [-0.39, 0.29) is 11.9 Å². The summed E-state index contributed by atoms with van der Waals surface area (Å²) in [5, 5.41) is 3.78. The van der Waals surface area contributed by atoms with Crippen LogP contribution in [-0.4, -0.2) is 22.5 Å². The third-order valence-corrected chi connectivity index (χ3v) is 4.95. The van der Waals surface area contributed by atoms with Crippen molar-refractivity contribution in [1.29, 1.82) is 0 Å². The second-order valence-corrected chi connectivity index (χ2v) is 5.99. The first-order valence-electron chi connectivity index (χ1n) is 5.85. The summed E-state index contributed by atoms with van der Waals surface area (Å²) in [6.45, 7) is 2.25. The summed E-state index contributed by atoms with van der Waals surface area (Å²) in [5.74, 6) is -0.322. The van der Waals surface area contributed by atoms with Gasteiger partial charge in [0.25, 0.3) is 0 Å². The van der Waals surface area contributed by atoms with Gasteiger partial charge in [-0.3, -0.25) is 4.79 Å². The molecule has 0 radical (unpaired) electrons. The van der Waals surface area contributed by atoms with Crippen LogP contribution in [0.1, 0.15) is 29.8 Å². The molecule has 1 aliphatic rings. The van der Waals surface area contributed by atoms with Crippen LogP contribution in [0.4, 0.5) is 0 Å². The van der Waals surface area contributed by atoms with Gasteiger partial charge in [0.1, 0.15) is 5.92 Å². The van der Waals surface area contributed by atoms with E-state index in [1.165, 1.54) is 4.88 Å². The van der Waals surface area contributed by atoms with Gasteiger partial charge in [-0.05, 0) is 19.8 Å². The highest BCUT2D eigenvalue weighted by Crippen LogP contribution is 2.40. The van der Waals surface area contributed by atoms with Crippen molar-refractivity contribution in [2.24, 2.45) is 0 Å². The van der Waals surface area contributed by atoms with E-state index in [4.69, 9.17) is 4.74 Å². The van der Waals surface area contributed by atoms with E-state index in [9.17, 15) is 4.79 Å². The van der Waals surface area contributed by atoms with E-state index in [1.807, 2.05) is 12.3 Å². The first-order valence-corrected chi connectivity index (χ1v) is 7.55. The van der Waals surface area contributed by atoms with Gasteiger partial charge in [0, 0.05) is 16.5 Å². The lowest BCUT2D eigenvalue weighted by atomic mass is 10.1. The standard InChI is InChI=1S/C12H12N2O2S2/c1-2-16-12(15)7-3-4-8-9(7)14-11(18-8)10-13-5-6-17-10/h5-7H,2-4H2,1H3. The first kappa shape index (κ1) is 11.8. The Kier molecular flexibility index (Phi) is 3.13. The Morgan fingerprint density at radius 1 is 1.56 bits per heavy atom. The minimum atomic E-state index is -0.176. The molecule has 0 amide bonds. The average molecular weight is 280 g/mol. The number of ether oxygens (including phenoxy) is 1. The number of rotatable bonds is 3. The molecule has 1 atom stereocenters. The van der Waals surface area contributed by atoms with Crippen LogP contribution in [0.5, 0.6) is 0 Å². The Morgan fingerprint density at radius 3 is 3.17 bits per heavy atom. The van der Waals surface area contributed by atoms with Crippen LogP contribution >= 0.6 is 22.7 Å². The fraction of sp³-hybridized carbons (Fsp3) is 0.417. The molecule has 6 heteroatoms. The zero-order valence-corrected chi connectivity index (χ0v) is 11.5. The number of aryl methyl sites for hydroxylation is 1. The fourth-order valence-corrected chi connectivity index (χ4v) is 3.94. The molecule has 0 fully saturated rings. The van der Waals surface area contributed by atoms with Crippen molar-refractivity contribution in [3.63, 3.8) is 0 Å². The maximum atomic E-state index is 11.8. The second kappa shape index (κ2) is 4.78. The highest BCUT2D eigenvalue weighted by Gasteiger charge is 2.33. The number of hydrogen-bond acceptors (Lipinski definition) is 6. The van der Waals surface area contributed by atoms with Crippen molar-refractivity contribution in [3.05, 3.63) is 22.1 Å². The number of fused-ring (bicyclic) bond motifs is 1. The van der Waals surface area contributed by atoms with Gasteiger partial charge in [0.05, 0.1) is 12.3 Å². The number of aromatic nitrogens is 2. The SMILES string of the molecule is CCOC(=O)C1CCc2sc(-c3nccs3)nc21. The number of carbonyl (C=O) groups is 1. The monoisotopic (exact) mass is 280 g/mol. The molecule has 1 unspecified atom stereocenters. The predicted molar refractivity (Wildman–Crippen MR) is 70.9 cm³/mol. The summed E-state index contributed by atoms with van der Waals surface area (Å²) in [4.78, 5) is 21.9. The Balaban J connectivity index is 1.90.